The minimum absolute atomic E-state index is 0.187. The van der Waals surface area contributed by atoms with Gasteiger partial charge in [-0.25, -0.2) is 0 Å². The summed E-state index contributed by atoms with van der Waals surface area (Å²) in [5.41, 5.74) is 2.25. The fourth-order valence-electron chi connectivity index (χ4n) is 3.07. The number of anilines is 1. The van der Waals surface area contributed by atoms with Crippen LogP contribution >= 0.6 is 11.6 Å². The molecule has 1 aromatic rings. The molecule has 0 heterocycles. The molecule has 0 radical (unpaired) electrons. The van der Waals surface area contributed by atoms with Crippen LogP contribution in [0.3, 0.4) is 0 Å². The molecule has 0 saturated heterocycles. The Labute approximate surface area is 126 Å². The molecule has 0 amide bonds. The second kappa shape index (κ2) is 7.87. The van der Waals surface area contributed by atoms with Crippen molar-refractivity contribution in [2.24, 2.45) is 0 Å². The highest BCUT2D eigenvalue weighted by Crippen LogP contribution is 2.30. The number of hydrogen-bond acceptors (Lipinski definition) is 3. The molecule has 0 spiro atoms. The summed E-state index contributed by atoms with van der Waals surface area (Å²) >= 11 is 6.36. The van der Waals surface area contributed by atoms with Gasteiger partial charge in [0, 0.05) is 29.8 Å². The molecule has 112 valence electrons. The molecule has 1 aliphatic carbocycles. The van der Waals surface area contributed by atoms with Crippen LogP contribution in [0.2, 0.25) is 5.02 Å². The molecular weight excluding hydrogens is 272 g/mol. The first-order valence-electron chi connectivity index (χ1n) is 7.56. The molecule has 2 rings (SSSR count). The molecule has 2 N–H and O–H groups in total. The molecule has 3 nitrogen and oxygen atoms in total. The predicted molar refractivity (Wildman–Crippen MR) is 85.5 cm³/mol. The van der Waals surface area contributed by atoms with E-state index < -0.39 is 0 Å². The lowest BCUT2D eigenvalue weighted by molar-refractivity contribution is 0.290. The lowest BCUT2D eigenvalue weighted by Crippen LogP contribution is -2.38. The van der Waals surface area contributed by atoms with Gasteiger partial charge in [-0.1, -0.05) is 36.9 Å². The van der Waals surface area contributed by atoms with E-state index in [0.29, 0.717) is 12.6 Å². The van der Waals surface area contributed by atoms with Crippen molar-refractivity contribution in [1.29, 1.82) is 0 Å². The third-order valence-electron chi connectivity index (χ3n) is 4.09. The molecular formula is C16H25ClN2O. The van der Waals surface area contributed by atoms with Gasteiger partial charge < -0.3 is 15.3 Å². The van der Waals surface area contributed by atoms with Crippen LogP contribution in [-0.4, -0.2) is 31.3 Å². The van der Waals surface area contributed by atoms with Crippen molar-refractivity contribution in [3.05, 3.63) is 28.8 Å². The first kappa shape index (κ1) is 15.6. The molecule has 0 atom stereocenters. The average molecular weight is 297 g/mol. The van der Waals surface area contributed by atoms with Gasteiger partial charge in [0.05, 0.1) is 6.61 Å². The van der Waals surface area contributed by atoms with Crippen molar-refractivity contribution in [3.8, 4) is 0 Å². The van der Waals surface area contributed by atoms with Crippen LogP contribution in [0.25, 0.3) is 0 Å². The smallest absolute Gasteiger partial charge is 0.0606 e. The largest absolute Gasteiger partial charge is 0.395 e. The van der Waals surface area contributed by atoms with Crippen molar-refractivity contribution in [1.82, 2.24) is 5.32 Å². The Bertz CT molecular complexity index is 419. The number of rotatable bonds is 6. The Kier molecular flexibility index (Phi) is 6.14. The van der Waals surface area contributed by atoms with E-state index in [2.05, 4.69) is 22.3 Å². The lowest BCUT2D eigenvalue weighted by Gasteiger charge is -2.36. The zero-order valence-electron chi connectivity index (χ0n) is 12.2. The second-order valence-electron chi connectivity index (χ2n) is 5.51. The SMILES string of the molecule is CNCc1ccc(N(CCO)C2CCCCC2)cc1Cl. The van der Waals surface area contributed by atoms with Crippen LogP contribution in [0.4, 0.5) is 5.69 Å². The van der Waals surface area contributed by atoms with E-state index in [1.54, 1.807) is 0 Å². The molecule has 0 bridgehead atoms. The molecule has 1 fully saturated rings. The fourth-order valence-corrected chi connectivity index (χ4v) is 3.31. The maximum atomic E-state index is 9.35. The van der Waals surface area contributed by atoms with E-state index >= 15 is 0 Å². The van der Waals surface area contributed by atoms with Crippen molar-refractivity contribution < 1.29 is 5.11 Å². The number of aliphatic hydroxyl groups is 1. The third-order valence-corrected chi connectivity index (χ3v) is 4.44. The fraction of sp³-hybridized carbons (Fsp3) is 0.625. The van der Waals surface area contributed by atoms with E-state index in [1.807, 2.05) is 13.1 Å². The van der Waals surface area contributed by atoms with E-state index in [-0.39, 0.29) is 6.61 Å². The quantitative estimate of drug-likeness (QED) is 0.846. The zero-order valence-corrected chi connectivity index (χ0v) is 13.0. The van der Waals surface area contributed by atoms with Crippen LogP contribution in [-0.2, 0) is 6.54 Å². The molecule has 0 aliphatic heterocycles. The van der Waals surface area contributed by atoms with Gasteiger partial charge in [-0.2, -0.15) is 0 Å². The van der Waals surface area contributed by atoms with Gasteiger partial charge in [0.2, 0.25) is 0 Å². The van der Waals surface area contributed by atoms with Crippen LogP contribution < -0.4 is 10.2 Å². The molecule has 0 unspecified atom stereocenters. The maximum absolute atomic E-state index is 9.35. The number of benzene rings is 1. The molecule has 20 heavy (non-hydrogen) atoms. The Morgan fingerprint density at radius 3 is 2.65 bits per heavy atom. The highest BCUT2D eigenvalue weighted by Gasteiger charge is 2.21. The third kappa shape index (κ3) is 3.87. The summed E-state index contributed by atoms with van der Waals surface area (Å²) in [5.74, 6) is 0. The van der Waals surface area contributed by atoms with Crippen molar-refractivity contribution >= 4 is 17.3 Å². The van der Waals surface area contributed by atoms with Crippen LogP contribution in [0, 0.1) is 0 Å². The Morgan fingerprint density at radius 2 is 2.05 bits per heavy atom. The lowest BCUT2D eigenvalue weighted by atomic mass is 9.93. The van der Waals surface area contributed by atoms with Gasteiger partial charge in [0.1, 0.15) is 0 Å². The summed E-state index contributed by atoms with van der Waals surface area (Å²) in [4.78, 5) is 2.33. The number of nitrogens with zero attached hydrogens (tertiary/aromatic N) is 1. The van der Waals surface area contributed by atoms with Gasteiger partial charge in [0.25, 0.3) is 0 Å². The van der Waals surface area contributed by atoms with E-state index in [4.69, 9.17) is 11.6 Å². The highest BCUT2D eigenvalue weighted by atomic mass is 35.5. The minimum atomic E-state index is 0.187. The number of hydrogen-bond donors (Lipinski definition) is 2. The molecule has 4 heteroatoms. The summed E-state index contributed by atoms with van der Waals surface area (Å²) in [6.45, 7) is 1.65. The van der Waals surface area contributed by atoms with Crippen molar-refractivity contribution in [2.45, 2.75) is 44.7 Å². The van der Waals surface area contributed by atoms with E-state index in [9.17, 15) is 5.11 Å². The highest BCUT2D eigenvalue weighted by molar-refractivity contribution is 6.31. The molecule has 1 saturated carbocycles. The van der Waals surface area contributed by atoms with Crippen LogP contribution in [0.15, 0.2) is 18.2 Å². The predicted octanol–water partition coefficient (Wildman–Crippen LogP) is 3.19. The van der Waals surface area contributed by atoms with Crippen LogP contribution in [0.5, 0.6) is 0 Å². The van der Waals surface area contributed by atoms with Gasteiger partial charge in [-0.15, -0.1) is 0 Å². The first-order valence-corrected chi connectivity index (χ1v) is 7.94. The van der Waals surface area contributed by atoms with Gasteiger partial charge in [-0.3, -0.25) is 0 Å². The molecule has 1 aromatic carbocycles. The standard InChI is InChI=1S/C16H25ClN2O/c1-18-12-13-7-8-15(11-16(13)17)19(9-10-20)14-5-3-2-4-6-14/h7-8,11,14,18,20H,2-6,9-10,12H2,1H3. The van der Waals surface area contributed by atoms with E-state index in [1.165, 1.54) is 32.1 Å². The van der Waals surface area contributed by atoms with Crippen LogP contribution in [0.1, 0.15) is 37.7 Å². The summed E-state index contributed by atoms with van der Waals surface area (Å²) in [6, 6.07) is 6.80. The summed E-state index contributed by atoms with van der Waals surface area (Å²) in [5, 5.41) is 13.3. The van der Waals surface area contributed by atoms with Gasteiger partial charge in [0.15, 0.2) is 0 Å². The zero-order chi connectivity index (χ0) is 14.4. The molecule has 1 aliphatic rings. The van der Waals surface area contributed by atoms with Crippen molar-refractivity contribution in [3.63, 3.8) is 0 Å². The topological polar surface area (TPSA) is 35.5 Å². The average Bonchev–Trinajstić information content (AvgIpc) is 2.48. The Balaban J connectivity index is 2.17. The number of nitrogens with one attached hydrogen (secondary N) is 1. The summed E-state index contributed by atoms with van der Waals surface area (Å²) in [6.07, 6.45) is 6.35. The maximum Gasteiger partial charge on any atom is 0.0606 e. The second-order valence-corrected chi connectivity index (χ2v) is 5.92. The first-order chi connectivity index (χ1) is 9.76. The van der Waals surface area contributed by atoms with E-state index in [0.717, 1.165) is 22.8 Å². The minimum Gasteiger partial charge on any atom is -0.395 e. The molecule has 0 aromatic heterocycles. The Hall–Kier alpha value is -0.770. The summed E-state index contributed by atoms with van der Waals surface area (Å²) < 4.78 is 0. The summed E-state index contributed by atoms with van der Waals surface area (Å²) in [7, 11) is 1.92. The Morgan fingerprint density at radius 1 is 1.30 bits per heavy atom. The van der Waals surface area contributed by atoms with Crippen molar-refractivity contribution in [2.75, 3.05) is 25.1 Å². The number of aliphatic hydroxyl groups excluding tert-OH is 1. The monoisotopic (exact) mass is 296 g/mol. The van der Waals surface area contributed by atoms with Gasteiger partial charge in [-0.05, 0) is 37.6 Å². The van der Waals surface area contributed by atoms with Gasteiger partial charge >= 0.3 is 0 Å². The normalized spacial score (nSPS) is 16.4. The number of halogens is 1.